The first-order chi connectivity index (χ1) is 8.89. The van der Waals surface area contributed by atoms with E-state index in [2.05, 4.69) is 42.8 Å². The molecule has 2 nitrogen and oxygen atoms in total. The lowest BCUT2D eigenvalue weighted by atomic mass is 9.71. The van der Waals surface area contributed by atoms with Crippen LogP contribution in [0.25, 0.3) is 0 Å². The highest BCUT2D eigenvalue weighted by Crippen LogP contribution is 2.40. The maximum Gasteiger partial charge on any atom is 0.137 e. The van der Waals surface area contributed by atoms with Crippen molar-refractivity contribution in [2.75, 3.05) is 0 Å². The Hall–Kier alpha value is -1.01. The smallest absolute Gasteiger partial charge is 0.137 e. The second kappa shape index (κ2) is 5.54. The first-order valence-corrected chi connectivity index (χ1v) is 7.55. The molecule has 0 aromatic heterocycles. The van der Waals surface area contributed by atoms with Crippen molar-refractivity contribution < 1.29 is 4.74 Å². The van der Waals surface area contributed by atoms with Crippen LogP contribution in [0.4, 0.5) is 0 Å². The van der Waals surface area contributed by atoms with Crippen LogP contribution >= 0.6 is 15.9 Å². The Morgan fingerprint density at radius 3 is 2.74 bits per heavy atom. The Labute approximate surface area is 123 Å². The van der Waals surface area contributed by atoms with E-state index in [1.807, 2.05) is 18.2 Å². The van der Waals surface area contributed by atoms with Gasteiger partial charge in [0.05, 0.1) is 11.7 Å². The second-order valence-electron chi connectivity index (χ2n) is 6.41. The van der Waals surface area contributed by atoms with Crippen LogP contribution in [0.5, 0.6) is 5.75 Å². The van der Waals surface area contributed by atoms with Gasteiger partial charge < -0.3 is 4.74 Å². The zero-order valence-corrected chi connectivity index (χ0v) is 13.3. The van der Waals surface area contributed by atoms with Gasteiger partial charge in [-0.3, -0.25) is 0 Å². The van der Waals surface area contributed by atoms with Gasteiger partial charge >= 0.3 is 0 Å². The quantitative estimate of drug-likeness (QED) is 0.775. The Morgan fingerprint density at radius 2 is 2.11 bits per heavy atom. The molecule has 0 amide bonds. The predicted octanol–water partition coefficient (Wildman–Crippen LogP) is 4.91. The van der Waals surface area contributed by atoms with E-state index in [0.29, 0.717) is 22.6 Å². The summed E-state index contributed by atoms with van der Waals surface area (Å²) in [7, 11) is 0. The summed E-state index contributed by atoms with van der Waals surface area (Å²) in [6.45, 7) is 6.88. The molecule has 1 fully saturated rings. The molecule has 2 rings (SSSR count). The van der Waals surface area contributed by atoms with E-state index in [4.69, 9.17) is 4.74 Å². The summed E-state index contributed by atoms with van der Waals surface area (Å²) < 4.78 is 7.01. The SMILES string of the molecule is CC1CC(Oc2ccc(Br)cc2C#N)CC(C)(C)C1. The van der Waals surface area contributed by atoms with E-state index in [9.17, 15) is 5.26 Å². The highest BCUT2D eigenvalue weighted by Gasteiger charge is 2.33. The number of hydrogen-bond donors (Lipinski definition) is 0. The lowest BCUT2D eigenvalue weighted by Gasteiger charge is -2.38. The van der Waals surface area contributed by atoms with Crippen LogP contribution in [0, 0.1) is 22.7 Å². The number of hydrogen-bond acceptors (Lipinski definition) is 2. The molecule has 19 heavy (non-hydrogen) atoms. The zero-order chi connectivity index (χ0) is 14.0. The summed E-state index contributed by atoms with van der Waals surface area (Å²) in [6, 6.07) is 7.82. The first kappa shape index (κ1) is 14.4. The molecule has 0 aliphatic heterocycles. The third kappa shape index (κ3) is 3.73. The summed E-state index contributed by atoms with van der Waals surface area (Å²) in [4.78, 5) is 0. The predicted molar refractivity (Wildman–Crippen MR) is 80.1 cm³/mol. The minimum absolute atomic E-state index is 0.215. The maximum absolute atomic E-state index is 9.18. The molecule has 0 bridgehead atoms. The average Bonchev–Trinajstić information content (AvgIpc) is 2.28. The Bertz CT molecular complexity index is 504. The number of nitrogens with zero attached hydrogens (tertiary/aromatic N) is 1. The summed E-state index contributed by atoms with van der Waals surface area (Å²) >= 11 is 3.38. The van der Waals surface area contributed by atoms with Crippen molar-refractivity contribution in [3.05, 3.63) is 28.2 Å². The normalized spacial score (nSPS) is 25.6. The first-order valence-electron chi connectivity index (χ1n) is 6.76. The molecule has 1 aliphatic rings. The third-order valence-electron chi connectivity index (χ3n) is 3.70. The van der Waals surface area contributed by atoms with Crippen LogP contribution in [0.3, 0.4) is 0 Å². The van der Waals surface area contributed by atoms with Gasteiger partial charge in [-0.1, -0.05) is 36.7 Å². The lowest BCUT2D eigenvalue weighted by molar-refractivity contribution is 0.0560. The van der Waals surface area contributed by atoms with Gasteiger partial charge in [-0.2, -0.15) is 5.26 Å². The fraction of sp³-hybridized carbons (Fsp3) is 0.562. The van der Waals surface area contributed by atoms with E-state index < -0.39 is 0 Å². The Morgan fingerprint density at radius 1 is 1.37 bits per heavy atom. The number of benzene rings is 1. The fourth-order valence-electron chi connectivity index (χ4n) is 3.22. The van der Waals surface area contributed by atoms with E-state index >= 15 is 0 Å². The largest absolute Gasteiger partial charge is 0.489 e. The second-order valence-corrected chi connectivity index (χ2v) is 7.32. The molecule has 1 aromatic carbocycles. The molecule has 1 aliphatic carbocycles. The fourth-order valence-corrected chi connectivity index (χ4v) is 3.58. The van der Waals surface area contributed by atoms with Gasteiger partial charge in [-0.15, -0.1) is 0 Å². The van der Waals surface area contributed by atoms with Gasteiger partial charge in [0.25, 0.3) is 0 Å². The van der Waals surface area contributed by atoms with Crippen LogP contribution in [-0.2, 0) is 0 Å². The van der Waals surface area contributed by atoms with E-state index in [0.717, 1.165) is 17.3 Å². The van der Waals surface area contributed by atoms with Crippen molar-refractivity contribution in [2.24, 2.45) is 11.3 Å². The van der Waals surface area contributed by atoms with Gasteiger partial charge in [0.15, 0.2) is 0 Å². The molecule has 1 saturated carbocycles. The highest BCUT2D eigenvalue weighted by atomic mass is 79.9. The van der Waals surface area contributed by atoms with Crippen molar-refractivity contribution in [3.8, 4) is 11.8 Å². The van der Waals surface area contributed by atoms with Crippen LogP contribution < -0.4 is 4.74 Å². The van der Waals surface area contributed by atoms with Crippen molar-refractivity contribution in [1.29, 1.82) is 5.26 Å². The molecule has 2 unspecified atom stereocenters. The molecule has 3 heteroatoms. The number of nitriles is 1. The van der Waals surface area contributed by atoms with Crippen LogP contribution in [0.1, 0.15) is 45.6 Å². The summed E-state index contributed by atoms with van der Waals surface area (Å²) in [5, 5.41) is 9.18. The van der Waals surface area contributed by atoms with Crippen LogP contribution in [0.2, 0.25) is 0 Å². The van der Waals surface area contributed by atoms with Crippen LogP contribution in [-0.4, -0.2) is 6.10 Å². The average molecular weight is 322 g/mol. The minimum atomic E-state index is 0.215. The Kier molecular flexibility index (Phi) is 4.20. The summed E-state index contributed by atoms with van der Waals surface area (Å²) in [6.07, 6.45) is 3.59. The molecular weight excluding hydrogens is 302 g/mol. The third-order valence-corrected chi connectivity index (χ3v) is 4.20. The topological polar surface area (TPSA) is 33.0 Å². The molecule has 1 aromatic rings. The minimum Gasteiger partial charge on any atom is -0.489 e. The van der Waals surface area contributed by atoms with Gasteiger partial charge in [0.2, 0.25) is 0 Å². The number of halogens is 1. The van der Waals surface area contributed by atoms with E-state index in [-0.39, 0.29) is 6.10 Å². The molecule has 0 saturated heterocycles. The summed E-state index contributed by atoms with van der Waals surface area (Å²) in [5.74, 6) is 1.38. The molecule has 0 N–H and O–H groups in total. The molecule has 0 radical (unpaired) electrons. The Balaban J connectivity index is 2.15. The van der Waals surface area contributed by atoms with Gasteiger partial charge in [-0.25, -0.2) is 0 Å². The van der Waals surface area contributed by atoms with Crippen LogP contribution in [0.15, 0.2) is 22.7 Å². The summed E-state index contributed by atoms with van der Waals surface area (Å²) in [5.41, 5.74) is 0.926. The zero-order valence-electron chi connectivity index (χ0n) is 11.7. The van der Waals surface area contributed by atoms with Crippen molar-refractivity contribution >= 4 is 15.9 Å². The van der Waals surface area contributed by atoms with Crippen molar-refractivity contribution in [1.82, 2.24) is 0 Å². The molecule has 0 heterocycles. The van der Waals surface area contributed by atoms with Crippen molar-refractivity contribution in [3.63, 3.8) is 0 Å². The van der Waals surface area contributed by atoms with Gasteiger partial charge in [0.1, 0.15) is 11.8 Å². The maximum atomic E-state index is 9.18. The van der Waals surface area contributed by atoms with E-state index in [1.54, 1.807) is 0 Å². The van der Waals surface area contributed by atoms with Gasteiger partial charge in [-0.05, 0) is 48.8 Å². The van der Waals surface area contributed by atoms with Gasteiger partial charge in [0, 0.05) is 4.47 Å². The lowest BCUT2D eigenvalue weighted by Crippen LogP contribution is -2.34. The number of ether oxygens (including phenoxy) is 1. The molecule has 0 spiro atoms. The number of rotatable bonds is 2. The molecule has 102 valence electrons. The monoisotopic (exact) mass is 321 g/mol. The molecular formula is C16H20BrNO. The highest BCUT2D eigenvalue weighted by molar-refractivity contribution is 9.10. The van der Waals surface area contributed by atoms with Crippen molar-refractivity contribution in [2.45, 2.75) is 46.1 Å². The van der Waals surface area contributed by atoms with E-state index in [1.165, 1.54) is 6.42 Å². The standard InChI is InChI=1S/C16H20BrNO/c1-11-6-14(9-16(2,3)8-11)19-15-5-4-13(17)7-12(15)10-18/h4-5,7,11,14H,6,8-9H2,1-3H3. The molecule has 2 atom stereocenters.